The molecule has 1 atom stereocenters. The molecule has 0 aromatic heterocycles. The average Bonchev–Trinajstić information content (AvgIpc) is 2.69. The second-order valence-electron chi connectivity index (χ2n) is 3.55. The molecule has 1 aliphatic rings. The van der Waals surface area contributed by atoms with E-state index in [1.165, 1.54) is 12.1 Å². The molecule has 1 saturated heterocycles. The van der Waals surface area contributed by atoms with E-state index in [9.17, 15) is 9.18 Å². The summed E-state index contributed by atoms with van der Waals surface area (Å²) in [6, 6.07) is 4.11. The van der Waals surface area contributed by atoms with E-state index in [-0.39, 0.29) is 17.3 Å². The van der Waals surface area contributed by atoms with Gasteiger partial charge in [0.25, 0.3) is 0 Å². The first-order chi connectivity index (χ1) is 7.18. The van der Waals surface area contributed by atoms with Gasteiger partial charge < -0.3 is 4.74 Å². The predicted octanol–water partition coefficient (Wildman–Crippen LogP) is 2.70. The number of hydrogen-bond acceptors (Lipinski definition) is 2. The molecule has 1 fully saturated rings. The van der Waals surface area contributed by atoms with Gasteiger partial charge in [-0.15, -0.1) is 0 Å². The van der Waals surface area contributed by atoms with Gasteiger partial charge in [-0.05, 0) is 24.6 Å². The number of ether oxygens (including phenoxy) is 1. The third-order valence-corrected chi connectivity index (χ3v) is 2.73. The largest absolute Gasteiger partial charge is 0.381 e. The van der Waals surface area contributed by atoms with E-state index in [1.807, 2.05) is 0 Å². The van der Waals surface area contributed by atoms with Crippen LogP contribution in [0, 0.1) is 11.7 Å². The first-order valence-corrected chi connectivity index (χ1v) is 5.13. The lowest BCUT2D eigenvalue weighted by Crippen LogP contribution is -2.15. The Morgan fingerprint density at radius 1 is 1.53 bits per heavy atom. The number of rotatable bonds is 2. The Bertz CT molecular complexity index is 386. The Kier molecular flexibility index (Phi) is 3.03. The van der Waals surface area contributed by atoms with Crippen LogP contribution in [0.5, 0.6) is 0 Å². The molecule has 1 unspecified atom stereocenters. The molecule has 1 heterocycles. The summed E-state index contributed by atoms with van der Waals surface area (Å²) in [5, 5.41) is 0.298. The summed E-state index contributed by atoms with van der Waals surface area (Å²) >= 11 is 5.61. The molecule has 2 rings (SSSR count). The molecule has 0 saturated carbocycles. The maximum absolute atomic E-state index is 13.4. The SMILES string of the molecule is O=C(c1ccc(Cl)cc1F)C1CCOC1. The van der Waals surface area contributed by atoms with Crippen molar-refractivity contribution in [3.8, 4) is 0 Å². The van der Waals surface area contributed by atoms with Gasteiger partial charge in [-0.25, -0.2) is 4.39 Å². The van der Waals surface area contributed by atoms with Crippen LogP contribution in [0.25, 0.3) is 0 Å². The molecule has 80 valence electrons. The van der Waals surface area contributed by atoms with Crippen LogP contribution in [0.2, 0.25) is 5.02 Å². The monoisotopic (exact) mass is 228 g/mol. The van der Waals surface area contributed by atoms with Crippen molar-refractivity contribution in [2.45, 2.75) is 6.42 Å². The summed E-state index contributed by atoms with van der Waals surface area (Å²) < 4.78 is 18.5. The van der Waals surface area contributed by atoms with Crippen LogP contribution < -0.4 is 0 Å². The minimum atomic E-state index is -0.556. The molecular formula is C11H10ClFO2. The zero-order valence-corrected chi connectivity index (χ0v) is 8.76. The molecule has 1 aliphatic heterocycles. The summed E-state index contributed by atoms with van der Waals surface area (Å²) in [4.78, 5) is 11.8. The zero-order chi connectivity index (χ0) is 10.8. The van der Waals surface area contributed by atoms with Crippen LogP contribution in [-0.2, 0) is 4.74 Å². The summed E-state index contributed by atoms with van der Waals surface area (Å²) in [7, 11) is 0. The fourth-order valence-corrected chi connectivity index (χ4v) is 1.81. The van der Waals surface area contributed by atoms with E-state index >= 15 is 0 Å². The summed E-state index contributed by atoms with van der Waals surface area (Å²) in [5.74, 6) is -0.957. The van der Waals surface area contributed by atoms with Crippen molar-refractivity contribution < 1.29 is 13.9 Å². The Morgan fingerprint density at radius 2 is 2.33 bits per heavy atom. The molecule has 0 spiro atoms. The number of carbonyl (C=O) groups is 1. The van der Waals surface area contributed by atoms with Crippen molar-refractivity contribution >= 4 is 17.4 Å². The Hall–Kier alpha value is -0.930. The highest BCUT2D eigenvalue weighted by Crippen LogP contribution is 2.22. The van der Waals surface area contributed by atoms with Gasteiger partial charge in [-0.2, -0.15) is 0 Å². The highest BCUT2D eigenvalue weighted by Gasteiger charge is 2.26. The number of ketones is 1. The molecule has 4 heteroatoms. The van der Waals surface area contributed by atoms with Gasteiger partial charge in [0.05, 0.1) is 12.2 Å². The fraction of sp³-hybridized carbons (Fsp3) is 0.364. The Balaban J connectivity index is 2.24. The molecule has 0 bridgehead atoms. The zero-order valence-electron chi connectivity index (χ0n) is 8.00. The maximum atomic E-state index is 13.4. The van der Waals surface area contributed by atoms with Gasteiger partial charge >= 0.3 is 0 Å². The summed E-state index contributed by atoms with van der Waals surface area (Å²) in [6.45, 7) is 0.965. The lowest BCUT2D eigenvalue weighted by Gasteiger charge is -2.07. The lowest BCUT2D eigenvalue weighted by atomic mass is 9.97. The normalized spacial score (nSPS) is 20.5. The van der Waals surface area contributed by atoms with Gasteiger partial charge in [0, 0.05) is 17.5 Å². The lowest BCUT2D eigenvalue weighted by molar-refractivity contribution is 0.0896. The number of hydrogen-bond donors (Lipinski definition) is 0. The smallest absolute Gasteiger partial charge is 0.171 e. The van der Waals surface area contributed by atoms with Crippen molar-refractivity contribution in [2.75, 3.05) is 13.2 Å². The highest BCUT2D eigenvalue weighted by atomic mass is 35.5. The van der Waals surface area contributed by atoms with Crippen LogP contribution in [0.4, 0.5) is 4.39 Å². The van der Waals surface area contributed by atoms with Crippen LogP contribution in [0.3, 0.4) is 0 Å². The predicted molar refractivity (Wildman–Crippen MR) is 54.7 cm³/mol. The molecule has 1 aromatic carbocycles. The Morgan fingerprint density at radius 3 is 2.93 bits per heavy atom. The minimum Gasteiger partial charge on any atom is -0.381 e. The Labute approximate surface area is 92.0 Å². The third-order valence-electron chi connectivity index (χ3n) is 2.50. The summed E-state index contributed by atoms with van der Waals surface area (Å²) in [5.41, 5.74) is 0.106. The van der Waals surface area contributed by atoms with Crippen molar-refractivity contribution in [3.63, 3.8) is 0 Å². The van der Waals surface area contributed by atoms with Crippen molar-refractivity contribution in [1.29, 1.82) is 0 Å². The average molecular weight is 229 g/mol. The van der Waals surface area contributed by atoms with Crippen molar-refractivity contribution in [1.82, 2.24) is 0 Å². The number of Topliss-reactive ketones (excluding diaryl/α,β-unsaturated/α-hetero) is 1. The fourth-order valence-electron chi connectivity index (χ4n) is 1.65. The second kappa shape index (κ2) is 4.29. The van der Waals surface area contributed by atoms with E-state index in [0.29, 0.717) is 24.7 Å². The van der Waals surface area contributed by atoms with Gasteiger partial charge in [0.15, 0.2) is 5.78 Å². The first-order valence-electron chi connectivity index (χ1n) is 4.75. The number of carbonyl (C=O) groups excluding carboxylic acids is 1. The first kappa shape index (κ1) is 10.6. The van der Waals surface area contributed by atoms with Crippen LogP contribution in [0.15, 0.2) is 18.2 Å². The maximum Gasteiger partial charge on any atom is 0.171 e. The molecule has 0 radical (unpaired) electrons. The number of benzene rings is 1. The molecule has 0 amide bonds. The molecule has 0 aliphatic carbocycles. The minimum absolute atomic E-state index is 0.106. The van der Waals surface area contributed by atoms with E-state index in [4.69, 9.17) is 16.3 Å². The van der Waals surface area contributed by atoms with Gasteiger partial charge in [0.2, 0.25) is 0 Å². The van der Waals surface area contributed by atoms with Crippen molar-refractivity contribution in [3.05, 3.63) is 34.6 Å². The molecule has 2 nitrogen and oxygen atoms in total. The van der Waals surface area contributed by atoms with E-state index in [1.54, 1.807) is 0 Å². The van der Waals surface area contributed by atoms with E-state index in [0.717, 1.165) is 6.07 Å². The van der Waals surface area contributed by atoms with E-state index < -0.39 is 5.82 Å². The van der Waals surface area contributed by atoms with Gasteiger partial charge in [-0.1, -0.05) is 11.6 Å². The topological polar surface area (TPSA) is 26.3 Å². The third kappa shape index (κ3) is 2.19. The van der Waals surface area contributed by atoms with Crippen LogP contribution >= 0.6 is 11.6 Å². The van der Waals surface area contributed by atoms with Crippen molar-refractivity contribution in [2.24, 2.45) is 5.92 Å². The van der Waals surface area contributed by atoms with E-state index in [2.05, 4.69) is 0 Å². The second-order valence-corrected chi connectivity index (χ2v) is 3.99. The van der Waals surface area contributed by atoms with Gasteiger partial charge in [-0.3, -0.25) is 4.79 Å². The molecular weight excluding hydrogens is 219 g/mol. The molecule has 15 heavy (non-hydrogen) atoms. The standard InChI is InChI=1S/C11H10ClFO2/c12-8-1-2-9(10(13)5-8)11(14)7-3-4-15-6-7/h1-2,5,7H,3-4,6H2. The number of halogens is 2. The van der Waals surface area contributed by atoms with Gasteiger partial charge in [0.1, 0.15) is 5.82 Å². The molecule has 1 aromatic rings. The molecule has 0 N–H and O–H groups in total. The van der Waals surface area contributed by atoms with Crippen LogP contribution in [0.1, 0.15) is 16.8 Å². The summed E-state index contributed by atoms with van der Waals surface area (Å²) in [6.07, 6.45) is 0.668. The van der Waals surface area contributed by atoms with Crippen LogP contribution in [-0.4, -0.2) is 19.0 Å². The quantitative estimate of drug-likeness (QED) is 0.728. The highest BCUT2D eigenvalue weighted by molar-refractivity contribution is 6.30.